The Balaban J connectivity index is 1.94. The number of rotatable bonds is 4. The molecular weight excluding hydrogens is 289 g/mol. The third-order valence-electron chi connectivity index (χ3n) is 2.63. The number of halogens is 3. The summed E-state index contributed by atoms with van der Waals surface area (Å²) in [6.45, 7) is -0.460. The first-order valence-electron chi connectivity index (χ1n) is 5.86. The fourth-order valence-corrected chi connectivity index (χ4v) is 1.49. The summed E-state index contributed by atoms with van der Waals surface area (Å²) < 4.78 is 46.1. The fourth-order valence-electron chi connectivity index (χ4n) is 1.49. The third kappa shape index (κ3) is 3.74. The van der Waals surface area contributed by atoms with Crippen molar-refractivity contribution in [1.82, 2.24) is 5.16 Å². The maximum atomic E-state index is 12.3. The van der Waals surface area contributed by atoms with E-state index >= 15 is 0 Å². The highest BCUT2D eigenvalue weighted by Crippen LogP contribution is 2.30. The smallest absolute Gasteiger partial charge is 0.436 e. The zero-order chi connectivity index (χ0) is 15.5. The van der Waals surface area contributed by atoms with E-state index in [1.165, 1.54) is 11.9 Å². The van der Waals surface area contributed by atoms with Crippen molar-refractivity contribution in [3.05, 3.63) is 42.1 Å². The molecule has 0 saturated heterocycles. The van der Waals surface area contributed by atoms with Crippen LogP contribution in [-0.4, -0.2) is 24.7 Å². The van der Waals surface area contributed by atoms with E-state index in [9.17, 15) is 18.0 Å². The molecule has 0 fully saturated rings. The van der Waals surface area contributed by atoms with E-state index in [0.29, 0.717) is 11.8 Å². The summed E-state index contributed by atoms with van der Waals surface area (Å²) in [5.41, 5.74) is -0.569. The molecule has 1 aromatic carbocycles. The molecular formula is C13H11F3N2O3. The van der Waals surface area contributed by atoms with Crippen LogP contribution in [0.2, 0.25) is 0 Å². The highest BCUT2D eigenvalue weighted by molar-refractivity contribution is 5.93. The van der Waals surface area contributed by atoms with Gasteiger partial charge in [-0.1, -0.05) is 23.4 Å². The zero-order valence-corrected chi connectivity index (χ0v) is 10.9. The van der Waals surface area contributed by atoms with Crippen molar-refractivity contribution in [3.63, 3.8) is 0 Å². The summed E-state index contributed by atoms with van der Waals surface area (Å²) in [6.07, 6.45) is -4.62. The Morgan fingerprint density at radius 3 is 2.57 bits per heavy atom. The lowest BCUT2D eigenvalue weighted by Crippen LogP contribution is -2.31. The Morgan fingerprint density at radius 2 is 2.00 bits per heavy atom. The average Bonchev–Trinajstić information content (AvgIpc) is 2.94. The number of likely N-dealkylation sites (N-methyl/N-ethyl adjacent to an activating group) is 1. The zero-order valence-electron chi connectivity index (χ0n) is 10.9. The first-order chi connectivity index (χ1) is 9.88. The summed E-state index contributed by atoms with van der Waals surface area (Å²) in [4.78, 5) is 13.2. The van der Waals surface area contributed by atoms with Crippen molar-refractivity contribution in [2.45, 2.75) is 6.18 Å². The van der Waals surface area contributed by atoms with E-state index in [4.69, 9.17) is 4.74 Å². The van der Waals surface area contributed by atoms with E-state index in [1.807, 2.05) is 0 Å². The van der Waals surface area contributed by atoms with Gasteiger partial charge >= 0.3 is 12.1 Å². The van der Waals surface area contributed by atoms with E-state index in [0.717, 1.165) is 0 Å². The number of aromatic nitrogens is 1. The van der Waals surface area contributed by atoms with Gasteiger partial charge in [0.15, 0.2) is 12.3 Å². The number of para-hydroxylation sites is 1. The van der Waals surface area contributed by atoms with Crippen molar-refractivity contribution in [1.29, 1.82) is 0 Å². The Bertz CT molecular complexity index is 611. The van der Waals surface area contributed by atoms with Crippen molar-refractivity contribution in [3.8, 4) is 5.95 Å². The minimum Gasteiger partial charge on any atom is -0.454 e. The Kier molecular flexibility index (Phi) is 4.15. The normalized spacial score (nSPS) is 11.2. The SMILES string of the molecule is CN(C(=O)COc1cc(C(F)(F)F)no1)c1ccccc1. The first-order valence-corrected chi connectivity index (χ1v) is 5.86. The number of anilines is 1. The molecule has 0 atom stereocenters. The van der Waals surface area contributed by atoms with Gasteiger partial charge in [0.25, 0.3) is 5.91 Å². The number of hydrogen-bond acceptors (Lipinski definition) is 4. The number of hydrogen-bond donors (Lipinski definition) is 0. The lowest BCUT2D eigenvalue weighted by atomic mass is 10.3. The molecule has 8 heteroatoms. The Morgan fingerprint density at radius 1 is 1.33 bits per heavy atom. The average molecular weight is 300 g/mol. The summed E-state index contributed by atoms with van der Waals surface area (Å²) >= 11 is 0. The fraction of sp³-hybridized carbons (Fsp3) is 0.231. The number of benzene rings is 1. The molecule has 1 amide bonds. The van der Waals surface area contributed by atoms with Gasteiger partial charge in [-0.05, 0) is 12.1 Å². The number of carbonyl (C=O) groups is 1. The van der Waals surface area contributed by atoms with Crippen molar-refractivity contribution in [2.24, 2.45) is 0 Å². The van der Waals surface area contributed by atoms with Crippen molar-refractivity contribution >= 4 is 11.6 Å². The molecule has 112 valence electrons. The minimum atomic E-state index is -4.62. The molecule has 0 N–H and O–H groups in total. The molecule has 0 aliphatic heterocycles. The third-order valence-corrected chi connectivity index (χ3v) is 2.63. The molecule has 1 aromatic heterocycles. The maximum Gasteiger partial charge on any atom is 0.436 e. The molecule has 0 bridgehead atoms. The maximum absolute atomic E-state index is 12.3. The lowest BCUT2D eigenvalue weighted by molar-refractivity contribution is -0.142. The van der Waals surface area contributed by atoms with Gasteiger partial charge in [0, 0.05) is 12.7 Å². The van der Waals surface area contributed by atoms with Crippen LogP contribution in [-0.2, 0) is 11.0 Å². The molecule has 2 rings (SSSR count). The van der Waals surface area contributed by atoms with Gasteiger partial charge in [0.2, 0.25) is 0 Å². The van der Waals surface area contributed by atoms with Crippen LogP contribution in [0.25, 0.3) is 0 Å². The van der Waals surface area contributed by atoms with Gasteiger partial charge in [0.1, 0.15) is 0 Å². The van der Waals surface area contributed by atoms with E-state index in [1.54, 1.807) is 30.3 Å². The minimum absolute atomic E-state index is 0.439. The van der Waals surface area contributed by atoms with Gasteiger partial charge in [-0.15, -0.1) is 0 Å². The van der Waals surface area contributed by atoms with Gasteiger partial charge < -0.3 is 14.2 Å². The van der Waals surface area contributed by atoms with Crippen LogP contribution in [0, 0.1) is 0 Å². The quantitative estimate of drug-likeness (QED) is 0.871. The summed E-state index contributed by atoms with van der Waals surface area (Å²) in [5, 5.41) is 2.82. The van der Waals surface area contributed by atoms with Crippen molar-refractivity contribution < 1.29 is 27.2 Å². The molecule has 21 heavy (non-hydrogen) atoms. The van der Waals surface area contributed by atoms with Gasteiger partial charge in [-0.2, -0.15) is 13.2 Å². The molecule has 5 nitrogen and oxygen atoms in total. The molecule has 0 spiro atoms. The van der Waals surface area contributed by atoms with E-state index in [-0.39, 0.29) is 0 Å². The molecule has 2 aromatic rings. The standard InChI is InChI=1S/C13H11F3N2O3/c1-18(9-5-3-2-4-6-9)11(19)8-20-12-7-10(17-21-12)13(14,15)16/h2-7H,8H2,1H3. The van der Waals surface area contributed by atoms with Crippen LogP contribution < -0.4 is 9.64 Å². The van der Waals surface area contributed by atoms with Gasteiger partial charge in [0.05, 0.1) is 6.07 Å². The topological polar surface area (TPSA) is 55.6 Å². The number of ether oxygens (including phenoxy) is 1. The van der Waals surface area contributed by atoms with Crippen LogP contribution in [0.15, 0.2) is 40.9 Å². The summed E-state index contributed by atoms with van der Waals surface area (Å²) in [6, 6.07) is 9.33. The molecule has 1 heterocycles. The number of carbonyl (C=O) groups excluding carboxylic acids is 1. The van der Waals surface area contributed by atoms with Crippen LogP contribution in [0.1, 0.15) is 5.69 Å². The van der Waals surface area contributed by atoms with E-state index in [2.05, 4.69) is 9.68 Å². The van der Waals surface area contributed by atoms with Gasteiger partial charge in [-0.25, -0.2) is 0 Å². The molecule has 0 aliphatic carbocycles. The van der Waals surface area contributed by atoms with Crippen LogP contribution >= 0.6 is 0 Å². The predicted molar refractivity (Wildman–Crippen MR) is 66.9 cm³/mol. The highest BCUT2D eigenvalue weighted by Gasteiger charge is 2.35. The summed E-state index contributed by atoms with van der Waals surface area (Å²) in [5.74, 6) is -0.900. The Labute approximate surface area is 117 Å². The summed E-state index contributed by atoms with van der Waals surface area (Å²) in [7, 11) is 1.53. The molecule has 0 radical (unpaired) electrons. The number of amides is 1. The number of nitrogens with zero attached hydrogens (tertiary/aromatic N) is 2. The van der Waals surface area contributed by atoms with Gasteiger partial charge in [-0.3, -0.25) is 4.79 Å². The highest BCUT2D eigenvalue weighted by atomic mass is 19.4. The monoisotopic (exact) mass is 300 g/mol. The Hall–Kier alpha value is -2.51. The predicted octanol–water partition coefficient (Wildman–Crippen LogP) is 2.74. The van der Waals surface area contributed by atoms with Crippen LogP contribution in [0.5, 0.6) is 5.95 Å². The molecule has 0 unspecified atom stereocenters. The van der Waals surface area contributed by atoms with E-state index < -0.39 is 30.3 Å². The number of alkyl halides is 3. The molecule has 0 aliphatic rings. The lowest BCUT2D eigenvalue weighted by Gasteiger charge is -2.16. The van der Waals surface area contributed by atoms with Crippen LogP contribution in [0.3, 0.4) is 0 Å². The largest absolute Gasteiger partial charge is 0.454 e. The second kappa shape index (κ2) is 5.86. The second-order valence-electron chi connectivity index (χ2n) is 4.11. The molecule has 0 saturated carbocycles. The van der Waals surface area contributed by atoms with Crippen molar-refractivity contribution in [2.75, 3.05) is 18.6 Å². The second-order valence-corrected chi connectivity index (χ2v) is 4.11. The van der Waals surface area contributed by atoms with Crippen LogP contribution in [0.4, 0.5) is 18.9 Å². The first kappa shape index (κ1) is 14.9.